The average molecular weight is 438 g/mol. The molecule has 1 fully saturated rings. The van der Waals surface area contributed by atoms with Gasteiger partial charge in [-0.2, -0.15) is 0 Å². The predicted molar refractivity (Wildman–Crippen MR) is 135 cm³/mol. The zero-order valence-corrected chi connectivity index (χ0v) is 19.0. The fourth-order valence-electron chi connectivity index (χ4n) is 4.87. The number of carbonyl (C=O) groups excluding carboxylic acids is 1. The molecule has 3 aromatic carbocycles. The summed E-state index contributed by atoms with van der Waals surface area (Å²) in [5, 5.41) is 4.57. The number of piperidine rings is 1. The molecule has 4 aromatic rings. The Labute approximate surface area is 195 Å². The molecule has 0 radical (unpaired) electrons. The highest BCUT2D eigenvalue weighted by Crippen LogP contribution is 2.23. The van der Waals surface area contributed by atoms with Crippen LogP contribution in [0.5, 0.6) is 0 Å². The van der Waals surface area contributed by atoms with Crippen LogP contribution in [0.1, 0.15) is 34.3 Å². The fourth-order valence-corrected chi connectivity index (χ4v) is 4.87. The molecule has 2 heterocycles. The van der Waals surface area contributed by atoms with Gasteiger partial charge in [-0.05, 0) is 48.6 Å². The van der Waals surface area contributed by atoms with Crippen LogP contribution < -0.4 is 5.32 Å². The van der Waals surface area contributed by atoms with Gasteiger partial charge < -0.3 is 14.8 Å². The van der Waals surface area contributed by atoms with Gasteiger partial charge in [0.05, 0.1) is 0 Å². The Balaban J connectivity index is 1.18. The Morgan fingerprint density at radius 1 is 0.848 bits per heavy atom. The molecular weight excluding hydrogens is 406 g/mol. The Kier molecular flexibility index (Phi) is 6.54. The molecule has 1 aromatic heterocycles. The standard InChI is InChI=1S/C29H31N3O/c33-29(24-11-5-2-6-12-24)30-26-16-19-31(20-17-26)18-15-25-22-32(21-23-9-3-1-4-10-23)28-14-8-7-13-27(25)28/h1-14,22,26H,15-21H2,(H,30,33). The number of rotatable bonds is 7. The average Bonchev–Trinajstić information content (AvgIpc) is 3.22. The van der Waals surface area contributed by atoms with E-state index in [2.05, 4.69) is 75.6 Å². The number of nitrogens with zero attached hydrogens (tertiary/aromatic N) is 2. The van der Waals surface area contributed by atoms with Gasteiger partial charge in [-0.25, -0.2) is 0 Å². The lowest BCUT2D eigenvalue weighted by molar-refractivity contribution is 0.0911. The Morgan fingerprint density at radius 2 is 1.52 bits per heavy atom. The van der Waals surface area contributed by atoms with Gasteiger partial charge in [0, 0.05) is 54.9 Å². The van der Waals surface area contributed by atoms with Crippen molar-refractivity contribution < 1.29 is 4.79 Å². The minimum Gasteiger partial charge on any atom is -0.349 e. The molecule has 1 amide bonds. The van der Waals surface area contributed by atoms with E-state index in [4.69, 9.17) is 0 Å². The highest BCUT2D eigenvalue weighted by molar-refractivity contribution is 5.94. The monoisotopic (exact) mass is 437 g/mol. The molecule has 0 saturated carbocycles. The van der Waals surface area contributed by atoms with E-state index in [-0.39, 0.29) is 11.9 Å². The Hall–Kier alpha value is -3.37. The van der Waals surface area contributed by atoms with Crippen LogP contribution in [-0.2, 0) is 13.0 Å². The maximum Gasteiger partial charge on any atom is 0.251 e. The number of likely N-dealkylation sites (tertiary alicyclic amines) is 1. The van der Waals surface area contributed by atoms with E-state index in [0.717, 1.165) is 51.0 Å². The van der Waals surface area contributed by atoms with Crippen molar-refractivity contribution in [3.05, 3.63) is 108 Å². The molecular formula is C29H31N3O. The summed E-state index contributed by atoms with van der Waals surface area (Å²) in [6, 6.07) is 29.2. The van der Waals surface area contributed by atoms with Gasteiger partial charge in [-0.15, -0.1) is 0 Å². The molecule has 33 heavy (non-hydrogen) atoms. The molecule has 4 heteroatoms. The second-order valence-corrected chi connectivity index (χ2v) is 8.99. The number of aromatic nitrogens is 1. The van der Waals surface area contributed by atoms with E-state index in [9.17, 15) is 4.79 Å². The van der Waals surface area contributed by atoms with Crippen molar-refractivity contribution in [3.63, 3.8) is 0 Å². The zero-order chi connectivity index (χ0) is 22.5. The predicted octanol–water partition coefficient (Wildman–Crippen LogP) is 5.13. The number of benzene rings is 3. The summed E-state index contributed by atoms with van der Waals surface area (Å²) < 4.78 is 2.38. The number of fused-ring (bicyclic) bond motifs is 1. The van der Waals surface area contributed by atoms with Gasteiger partial charge in [0.15, 0.2) is 0 Å². The molecule has 1 N–H and O–H groups in total. The van der Waals surface area contributed by atoms with Crippen molar-refractivity contribution in [1.29, 1.82) is 0 Å². The summed E-state index contributed by atoms with van der Waals surface area (Å²) in [7, 11) is 0. The molecule has 0 aliphatic carbocycles. The van der Waals surface area contributed by atoms with E-state index in [1.807, 2.05) is 30.3 Å². The maximum absolute atomic E-state index is 12.4. The van der Waals surface area contributed by atoms with Gasteiger partial charge in [0.2, 0.25) is 0 Å². The summed E-state index contributed by atoms with van der Waals surface area (Å²) >= 11 is 0. The summed E-state index contributed by atoms with van der Waals surface area (Å²) in [5.74, 6) is 0.0419. The lowest BCUT2D eigenvalue weighted by Crippen LogP contribution is -2.45. The first kappa shape index (κ1) is 21.5. The number of para-hydroxylation sites is 1. The van der Waals surface area contributed by atoms with Gasteiger partial charge in [-0.3, -0.25) is 4.79 Å². The maximum atomic E-state index is 12.4. The van der Waals surface area contributed by atoms with Crippen LogP contribution in [0.25, 0.3) is 10.9 Å². The van der Waals surface area contributed by atoms with Crippen LogP contribution in [0.2, 0.25) is 0 Å². The van der Waals surface area contributed by atoms with E-state index in [1.54, 1.807) is 0 Å². The summed E-state index contributed by atoms with van der Waals surface area (Å²) in [6.45, 7) is 4.01. The third kappa shape index (κ3) is 5.18. The third-order valence-corrected chi connectivity index (χ3v) is 6.72. The first-order chi connectivity index (χ1) is 16.3. The topological polar surface area (TPSA) is 37.3 Å². The highest BCUT2D eigenvalue weighted by atomic mass is 16.1. The van der Waals surface area contributed by atoms with Gasteiger partial charge in [0.25, 0.3) is 5.91 Å². The van der Waals surface area contributed by atoms with E-state index in [0.29, 0.717) is 0 Å². The summed E-state index contributed by atoms with van der Waals surface area (Å²) in [4.78, 5) is 15.0. The molecule has 1 aliphatic rings. The van der Waals surface area contributed by atoms with Crippen LogP contribution in [0.3, 0.4) is 0 Å². The Morgan fingerprint density at radius 3 is 2.27 bits per heavy atom. The molecule has 0 atom stereocenters. The smallest absolute Gasteiger partial charge is 0.251 e. The molecule has 1 saturated heterocycles. The minimum absolute atomic E-state index is 0.0419. The lowest BCUT2D eigenvalue weighted by atomic mass is 10.0. The van der Waals surface area contributed by atoms with Crippen molar-refractivity contribution in [3.8, 4) is 0 Å². The molecule has 0 bridgehead atoms. The van der Waals surface area contributed by atoms with Crippen LogP contribution in [-0.4, -0.2) is 41.1 Å². The van der Waals surface area contributed by atoms with Crippen molar-refractivity contribution in [2.45, 2.75) is 31.8 Å². The van der Waals surface area contributed by atoms with Gasteiger partial charge in [-0.1, -0.05) is 66.7 Å². The minimum atomic E-state index is 0.0419. The second-order valence-electron chi connectivity index (χ2n) is 8.99. The van der Waals surface area contributed by atoms with Crippen LogP contribution >= 0.6 is 0 Å². The molecule has 0 unspecified atom stereocenters. The van der Waals surface area contributed by atoms with Gasteiger partial charge >= 0.3 is 0 Å². The first-order valence-corrected chi connectivity index (χ1v) is 12.0. The second kappa shape index (κ2) is 10.1. The molecule has 168 valence electrons. The van der Waals surface area contributed by atoms with Crippen LogP contribution in [0, 0.1) is 0 Å². The highest BCUT2D eigenvalue weighted by Gasteiger charge is 2.21. The quantitative estimate of drug-likeness (QED) is 0.435. The fraction of sp³-hybridized carbons (Fsp3) is 0.276. The largest absolute Gasteiger partial charge is 0.349 e. The normalized spacial score (nSPS) is 15.0. The molecule has 1 aliphatic heterocycles. The molecule has 4 nitrogen and oxygen atoms in total. The number of amides is 1. The number of hydrogen-bond acceptors (Lipinski definition) is 2. The summed E-state index contributed by atoms with van der Waals surface area (Å²) in [6.07, 6.45) is 5.40. The number of hydrogen-bond donors (Lipinski definition) is 1. The van der Waals surface area contributed by atoms with Gasteiger partial charge in [0.1, 0.15) is 0 Å². The molecule has 0 spiro atoms. The SMILES string of the molecule is O=C(NC1CCN(CCc2cn(Cc3ccccc3)c3ccccc23)CC1)c1ccccc1. The van der Waals surface area contributed by atoms with Crippen LogP contribution in [0.15, 0.2) is 91.1 Å². The Bertz CT molecular complexity index is 1190. The zero-order valence-electron chi connectivity index (χ0n) is 19.0. The van der Waals surface area contributed by atoms with Crippen molar-refractivity contribution in [1.82, 2.24) is 14.8 Å². The first-order valence-electron chi connectivity index (χ1n) is 12.0. The van der Waals surface area contributed by atoms with Crippen LogP contribution in [0.4, 0.5) is 0 Å². The van der Waals surface area contributed by atoms with E-state index in [1.165, 1.54) is 22.0 Å². The van der Waals surface area contributed by atoms with E-state index < -0.39 is 0 Å². The summed E-state index contributed by atoms with van der Waals surface area (Å²) in [5.41, 5.74) is 4.79. The van der Waals surface area contributed by atoms with E-state index >= 15 is 0 Å². The van der Waals surface area contributed by atoms with Crippen molar-refractivity contribution >= 4 is 16.8 Å². The molecule has 5 rings (SSSR count). The third-order valence-electron chi connectivity index (χ3n) is 6.72. The number of carbonyl (C=O) groups is 1. The lowest BCUT2D eigenvalue weighted by Gasteiger charge is -2.32. The van der Waals surface area contributed by atoms with Crippen molar-refractivity contribution in [2.75, 3.05) is 19.6 Å². The van der Waals surface area contributed by atoms with Crippen molar-refractivity contribution in [2.24, 2.45) is 0 Å². The number of nitrogens with one attached hydrogen (secondary N) is 1.